The minimum absolute atomic E-state index is 0.0582. The first-order valence-electron chi connectivity index (χ1n) is 6.86. The molecular formula is C15H22N2OS. The van der Waals surface area contributed by atoms with Gasteiger partial charge in [0.25, 0.3) is 0 Å². The summed E-state index contributed by atoms with van der Waals surface area (Å²) in [6.45, 7) is 0. The number of carbonyl (C=O) groups is 1. The molecule has 0 radical (unpaired) electrons. The third-order valence-corrected chi connectivity index (χ3v) is 4.94. The first kappa shape index (κ1) is 14.4. The Morgan fingerprint density at radius 2 is 2.00 bits per heavy atom. The topological polar surface area (TPSA) is 55.1 Å². The van der Waals surface area contributed by atoms with E-state index >= 15 is 0 Å². The Morgan fingerprint density at radius 1 is 1.32 bits per heavy atom. The highest BCUT2D eigenvalue weighted by Crippen LogP contribution is 2.27. The van der Waals surface area contributed by atoms with E-state index in [2.05, 4.69) is 11.6 Å². The summed E-state index contributed by atoms with van der Waals surface area (Å²) in [5.41, 5.74) is 6.90. The van der Waals surface area contributed by atoms with E-state index in [0.717, 1.165) is 12.0 Å². The molecule has 1 aromatic rings. The summed E-state index contributed by atoms with van der Waals surface area (Å²) in [5.74, 6) is -0.0582. The van der Waals surface area contributed by atoms with Gasteiger partial charge in [-0.1, -0.05) is 43.2 Å². The third kappa shape index (κ3) is 3.74. The van der Waals surface area contributed by atoms with Gasteiger partial charge in [0.1, 0.15) is 6.04 Å². The van der Waals surface area contributed by atoms with Crippen LogP contribution in [0.4, 0.5) is 0 Å². The average molecular weight is 278 g/mol. The summed E-state index contributed by atoms with van der Waals surface area (Å²) < 4.78 is 0. The summed E-state index contributed by atoms with van der Waals surface area (Å²) in [7, 11) is 0. The first-order chi connectivity index (χ1) is 9.22. The maximum Gasteiger partial charge on any atom is 0.241 e. The predicted octanol–water partition coefficient (Wildman–Crippen LogP) is 2.48. The number of benzene rings is 1. The summed E-state index contributed by atoms with van der Waals surface area (Å²) in [4.78, 5) is 12.2. The molecule has 3 atom stereocenters. The predicted molar refractivity (Wildman–Crippen MR) is 81.1 cm³/mol. The molecular weight excluding hydrogens is 256 g/mol. The molecule has 104 valence electrons. The van der Waals surface area contributed by atoms with Crippen molar-refractivity contribution in [3.05, 3.63) is 35.9 Å². The normalized spacial score (nSPS) is 24.7. The molecule has 19 heavy (non-hydrogen) atoms. The molecule has 0 heterocycles. The van der Waals surface area contributed by atoms with E-state index in [-0.39, 0.29) is 11.9 Å². The molecule has 0 aromatic heterocycles. The highest BCUT2D eigenvalue weighted by atomic mass is 32.2. The van der Waals surface area contributed by atoms with Crippen molar-refractivity contribution in [2.75, 3.05) is 6.26 Å². The smallest absolute Gasteiger partial charge is 0.241 e. The highest BCUT2D eigenvalue weighted by Gasteiger charge is 2.27. The average Bonchev–Trinajstić information content (AvgIpc) is 2.48. The number of thioether (sulfide) groups is 1. The van der Waals surface area contributed by atoms with Crippen LogP contribution in [0.5, 0.6) is 0 Å². The lowest BCUT2D eigenvalue weighted by atomic mass is 9.94. The molecule has 0 aliphatic heterocycles. The summed E-state index contributed by atoms with van der Waals surface area (Å²) in [6.07, 6.45) is 6.84. The molecule has 1 aliphatic carbocycles. The van der Waals surface area contributed by atoms with Crippen LogP contribution in [0.1, 0.15) is 37.3 Å². The number of carbonyl (C=O) groups excluding carboxylic acids is 1. The van der Waals surface area contributed by atoms with E-state index in [4.69, 9.17) is 5.73 Å². The van der Waals surface area contributed by atoms with Crippen LogP contribution in [-0.4, -0.2) is 23.5 Å². The van der Waals surface area contributed by atoms with Gasteiger partial charge < -0.3 is 11.1 Å². The van der Waals surface area contributed by atoms with Crippen molar-refractivity contribution in [1.29, 1.82) is 0 Å². The van der Waals surface area contributed by atoms with Crippen LogP contribution in [0.15, 0.2) is 30.3 Å². The molecule has 2 rings (SSSR count). The Bertz CT molecular complexity index is 410. The monoisotopic (exact) mass is 278 g/mol. The van der Waals surface area contributed by atoms with Crippen LogP contribution in [0, 0.1) is 0 Å². The van der Waals surface area contributed by atoms with Gasteiger partial charge in [0, 0.05) is 11.3 Å². The fourth-order valence-corrected chi connectivity index (χ4v) is 3.56. The quantitative estimate of drug-likeness (QED) is 0.889. The van der Waals surface area contributed by atoms with E-state index in [1.807, 2.05) is 42.1 Å². The van der Waals surface area contributed by atoms with Crippen molar-refractivity contribution in [1.82, 2.24) is 5.32 Å². The SMILES string of the molecule is CSC1CCCCC1NC(=O)[C@@H](N)c1ccccc1. The molecule has 3 N–H and O–H groups in total. The molecule has 2 unspecified atom stereocenters. The Labute approximate surface area is 119 Å². The van der Waals surface area contributed by atoms with Gasteiger partial charge in [0.2, 0.25) is 5.91 Å². The fourth-order valence-electron chi connectivity index (χ4n) is 2.63. The van der Waals surface area contributed by atoms with Crippen LogP contribution < -0.4 is 11.1 Å². The second-order valence-electron chi connectivity index (χ2n) is 5.06. The maximum absolute atomic E-state index is 12.2. The molecule has 0 spiro atoms. The van der Waals surface area contributed by atoms with Crippen LogP contribution in [0.3, 0.4) is 0 Å². The molecule has 1 saturated carbocycles. The Kier molecular flexibility index (Phi) is 5.28. The largest absolute Gasteiger partial charge is 0.351 e. The minimum Gasteiger partial charge on any atom is -0.351 e. The number of rotatable bonds is 4. The number of amides is 1. The third-order valence-electron chi connectivity index (χ3n) is 3.77. The maximum atomic E-state index is 12.2. The second-order valence-corrected chi connectivity index (χ2v) is 6.14. The van der Waals surface area contributed by atoms with E-state index in [0.29, 0.717) is 5.25 Å². The molecule has 1 amide bonds. The standard InChI is InChI=1S/C15H22N2OS/c1-19-13-10-6-5-9-12(13)17-15(18)14(16)11-7-3-2-4-8-11/h2-4,7-8,12-14H,5-6,9-10,16H2,1H3,(H,17,18)/t12?,13?,14-/m0/s1. The van der Waals surface area contributed by atoms with E-state index in [1.165, 1.54) is 19.3 Å². The van der Waals surface area contributed by atoms with Crippen molar-refractivity contribution in [3.8, 4) is 0 Å². The van der Waals surface area contributed by atoms with Gasteiger partial charge >= 0.3 is 0 Å². The summed E-state index contributed by atoms with van der Waals surface area (Å²) in [6, 6.07) is 9.26. The van der Waals surface area contributed by atoms with Gasteiger partial charge in [-0.25, -0.2) is 0 Å². The van der Waals surface area contributed by atoms with Gasteiger partial charge in [0.05, 0.1) is 0 Å². The van der Waals surface area contributed by atoms with Gasteiger partial charge in [-0.3, -0.25) is 4.79 Å². The van der Waals surface area contributed by atoms with E-state index < -0.39 is 6.04 Å². The fraction of sp³-hybridized carbons (Fsp3) is 0.533. The van der Waals surface area contributed by atoms with E-state index in [9.17, 15) is 4.79 Å². The zero-order valence-corrected chi connectivity index (χ0v) is 12.2. The second kappa shape index (κ2) is 6.96. The summed E-state index contributed by atoms with van der Waals surface area (Å²) in [5, 5.41) is 3.66. The van der Waals surface area contributed by atoms with Crippen LogP contribution >= 0.6 is 11.8 Å². The van der Waals surface area contributed by atoms with Crippen LogP contribution in [-0.2, 0) is 4.79 Å². The molecule has 0 saturated heterocycles. The van der Waals surface area contributed by atoms with Gasteiger partial charge in [-0.2, -0.15) is 11.8 Å². The van der Waals surface area contributed by atoms with Crippen molar-refractivity contribution in [3.63, 3.8) is 0 Å². The zero-order valence-electron chi connectivity index (χ0n) is 11.3. The van der Waals surface area contributed by atoms with Crippen LogP contribution in [0.2, 0.25) is 0 Å². The number of nitrogens with one attached hydrogen (secondary N) is 1. The molecule has 1 aliphatic rings. The van der Waals surface area contributed by atoms with Crippen molar-refractivity contribution in [2.45, 2.75) is 43.0 Å². The lowest BCUT2D eigenvalue weighted by Crippen LogP contribution is -2.47. The lowest BCUT2D eigenvalue weighted by molar-refractivity contribution is -0.123. The molecule has 4 heteroatoms. The van der Waals surface area contributed by atoms with Crippen molar-refractivity contribution in [2.24, 2.45) is 5.73 Å². The first-order valence-corrected chi connectivity index (χ1v) is 8.15. The Hall–Kier alpha value is -1.00. The van der Waals surface area contributed by atoms with Gasteiger partial charge in [0.15, 0.2) is 0 Å². The van der Waals surface area contributed by atoms with Crippen molar-refractivity contribution < 1.29 is 4.79 Å². The molecule has 3 nitrogen and oxygen atoms in total. The summed E-state index contributed by atoms with van der Waals surface area (Å²) >= 11 is 1.85. The van der Waals surface area contributed by atoms with Crippen molar-refractivity contribution >= 4 is 17.7 Å². The number of hydrogen-bond donors (Lipinski definition) is 2. The minimum atomic E-state index is -0.564. The Morgan fingerprint density at radius 3 is 2.68 bits per heavy atom. The molecule has 0 bridgehead atoms. The number of hydrogen-bond acceptors (Lipinski definition) is 3. The molecule has 1 fully saturated rings. The number of nitrogens with two attached hydrogens (primary N) is 1. The molecule has 1 aromatic carbocycles. The lowest BCUT2D eigenvalue weighted by Gasteiger charge is -2.31. The zero-order chi connectivity index (χ0) is 13.7. The highest BCUT2D eigenvalue weighted by molar-refractivity contribution is 7.99. The van der Waals surface area contributed by atoms with Gasteiger partial charge in [-0.15, -0.1) is 0 Å². The van der Waals surface area contributed by atoms with Gasteiger partial charge in [-0.05, 0) is 24.7 Å². The Balaban J connectivity index is 1.96. The van der Waals surface area contributed by atoms with E-state index in [1.54, 1.807) is 0 Å². The van der Waals surface area contributed by atoms with Crippen LogP contribution in [0.25, 0.3) is 0 Å².